The van der Waals surface area contributed by atoms with E-state index in [4.69, 9.17) is 17.3 Å². The lowest BCUT2D eigenvalue weighted by Gasteiger charge is -2.32. The first-order chi connectivity index (χ1) is 9.45. The smallest absolute Gasteiger partial charge is 0.246 e. The molecule has 0 unspecified atom stereocenters. The van der Waals surface area contributed by atoms with Gasteiger partial charge in [0, 0.05) is 19.3 Å². The van der Waals surface area contributed by atoms with Gasteiger partial charge in [-0.3, -0.25) is 0 Å². The Morgan fingerprint density at radius 3 is 3.05 bits per heavy atom. The lowest BCUT2D eigenvalue weighted by atomic mass is 10.00. The molecule has 0 aromatic carbocycles. The summed E-state index contributed by atoms with van der Waals surface area (Å²) in [6.45, 7) is 1.80. The molecule has 0 spiro atoms. The molecule has 20 heavy (non-hydrogen) atoms. The fourth-order valence-electron chi connectivity index (χ4n) is 2.48. The minimum Gasteiger partial charge on any atom is -0.383 e. The molecule has 0 amide bonds. The van der Waals surface area contributed by atoms with Gasteiger partial charge in [-0.05, 0) is 38.4 Å². The minimum absolute atomic E-state index is 0.00453. The molecular formula is C12H19ClN4O2S. The molecule has 8 heteroatoms. The quantitative estimate of drug-likeness (QED) is 0.862. The van der Waals surface area contributed by atoms with E-state index < -0.39 is 10.0 Å². The van der Waals surface area contributed by atoms with Gasteiger partial charge in [0.2, 0.25) is 10.0 Å². The molecule has 0 bridgehead atoms. The molecule has 0 saturated carbocycles. The summed E-state index contributed by atoms with van der Waals surface area (Å²) in [5, 5.41) is 3.36. The topological polar surface area (TPSA) is 88.3 Å². The van der Waals surface area contributed by atoms with Crippen molar-refractivity contribution in [3.63, 3.8) is 0 Å². The Balaban J connectivity index is 2.27. The number of hydrogen-bond donors (Lipinski definition) is 2. The summed E-state index contributed by atoms with van der Waals surface area (Å²) in [5.74, 6) is 0.307. The number of pyridine rings is 1. The van der Waals surface area contributed by atoms with Gasteiger partial charge in [-0.2, -0.15) is 4.31 Å². The van der Waals surface area contributed by atoms with Crippen molar-refractivity contribution in [1.82, 2.24) is 14.6 Å². The number of piperidine rings is 1. The lowest BCUT2D eigenvalue weighted by Crippen LogP contribution is -2.42. The van der Waals surface area contributed by atoms with Crippen LogP contribution in [0.15, 0.2) is 17.2 Å². The zero-order valence-corrected chi connectivity index (χ0v) is 12.9. The van der Waals surface area contributed by atoms with E-state index in [0.717, 1.165) is 19.4 Å². The van der Waals surface area contributed by atoms with Crippen LogP contribution in [0.3, 0.4) is 0 Å². The largest absolute Gasteiger partial charge is 0.383 e. The lowest BCUT2D eigenvalue weighted by molar-refractivity contribution is 0.263. The van der Waals surface area contributed by atoms with Crippen LogP contribution in [0, 0.1) is 5.92 Å². The van der Waals surface area contributed by atoms with Gasteiger partial charge in [0.05, 0.1) is 5.02 Å². The van der Waals surface area contributed by atoms with Gasteiger partial charge in [-0.15, -0.1) is 0 Å². The predicted octanol–water partition coefficient (Wildman–Crippen LogP) is 0.937. The Labute approximate surface area is 124 Å². The molecule has 1 saturated heterocycles. The van der Waals surface area contributed by atoms with Gasteiger partial charge in [-0.1, -0.05) is 11.6 Å². The number of hydrogen-bond acceptors (Lipinski definition) is 5. The highest BCUT2D eigenvalue weighted by molar-refractivity contribution is 7.89. The molecule has 1 aliphatic rings. The SMILES string of the molecule is CNC[C@H]1CCCN(S(=O)(=O)c2cc(Cl)cnc2N)C1. The highest BCUT2D eigenvalue weighted by Crippen LogP contribution is 2.27. The van der Waals surface area contributed by atoms with Gasteiger partial charge in [0.25, 0.3) is 0 Å². The summed E-state index contributed by atoms with van der Waals surface area (Å²) in [6.07, 6.45) is 3.21. The van der Waals surface area contributed by atoms with Crippen molar-refractivity contribution in [2.45, 2.75) is 17.7 Å². The van der Waals surface area contributed by atoms with Crippen LogP contribution in [0.1, 0.15) is 12.8 Å². The molecule has 112 valence electrons. The van der Waals surface area contributed by atoms with Crippen LogP contribution >= 0.6 is 11.6 Å². The number of nitrogens with two attached hydrogens (primary N) is 1. The van der Waals surface area contributed by atoms with Crippen molar-refractivity contribution in [3.8, 4) is 0 Å². The zero-order chi connectivity index (χ0) is 14.8. The number of nitrogens with one attached hydrogen (secondary N) is 1. The van der Waals surface area contributed by atoms with Crippen molar-refractivity contribution in [2.24, 2.45) is 5.92 Å². The van der Waals surface area contributed by atoms with E-state index in [1.54, 1.807) is 0 Å². The number of nitrogen functional groups attached to an aromatic ring is 1. The van der Waals surface area contributed by atoms with Crippen LogP contribution in [-0.2, 0) is 10.0 Å². The van der Waals surface area contributed by atoms with Gasteiger partial charge < -0.3 is 11.1 Å². The van der Waals surface area contributed by atoms with E-state index >= 15 is 0 Å². The highest BCUT2D eigenvalue weighted by atomic mass is 35.5. The molecule has 2 rings (SSSR count). The third kappa shape index (κ3) is 3.22. The average molecular weight is 319 g/mol. The average Bonchev–Trinajstić information content (AvgIpc) is 2.42. The van der Waals surface area contributed by atoms with E-state index in [2.05, 4.69) is 10.3 Å². The zero-order valence-electron chi connectivity index (χ0n) is 11.3. The van der Waals surface area contributed by atoms with E-state index in [1.807, 2.05) is 7.05 Å². The van der Waals surface area contributed by atoms with Gasteiger partial charge >= 0.3 is 0 Å². The summed E-state index contributed by atoms with van der Waals surface area (Å²) >= 11 is 5.83. The third-order valence-electron chi connectivity index (χ3n) is 3.44. The monoisotopic (exact) mass is 318 g/mol. The van der Waals surface area contributed by atoms with Crippen LogP contribution in [0.25, 0.3) is 0 Å². The summed E-state index contributed by atoms with van der Waals surface area (Å²) < 4.78 is 26.7. The van der Waals surface area contributed by atoms with Crippen molar-refractivity contribution >= 4 is 27.4 Å². The number of anilines is 1. The molecule has 2 heterocycles. The standard InChI is InChI=1S/C12H19ClN4O2S/c1-15-6-9-3-2-4-17(8-9)20(18,19)11-5-10(13)7-16-12(11)14/h5,7,9,15H,2-4,6,8H2,1H3,(H2,14,16)/t9-/m1/s1. The summed E-state index contributed by atoms with van der Waals surface area (Å²) in [5.41, 5.74) is 5.69. The maximum absolute atomic E-state index is 12.6. The molecule has 0 radical (unpaired) electrons. The molecule has 3 N–H and O–H groups in total. The second kappa shape index (κ2) is 6.26. The van der Waals surface area contributed by atoms with E-state index in [1.165, 1.54) is 16.6 Å². The molecule has 0 aliphatic carbocycles. The second-order valence-electron chi connectivity index (χ2n) is 4.97. The number of aromatic nitrogens is 1. The minimum atomic E-state index is -3.63. The number of halogens is 1. The van der Waals surface area contributed by atoms with Crippen LogP contribution in [0.5, 0.6) is 0 Å². The summed E-state index contributed by atoms with van der Waals surface area (Å²) in [4.78, 5) is 3.82. The molecule has 1 aromatic heterocycles. The number of sulfonamides is 1. The van der Waals surface area contributed by atoms with Gasteiger partial charge in [0.1, 0.15) is 10.7 Å². The summed E-state index contributed by atoms with van der Waals surface area (Å²) in [7, 11) is -1.77. The number of nitrogens with zero attached hydrogens (tertiary/aromatic N) is 2. The fourth-order valence-corrected chi connectivity index (χ4v) is 4.35. The van der Waals surface area contributed by atoms with E-state index in [-0.39, 0.29) is 15.7 Å². The van der Waals surface area contributed by atoms with Crippen LogP contribution in [0.4, 0.5) is 5.82 Å². The molecule has 1 aromatic rings. The van der Waals surface area contributed by atoms with Gasteiger partial charge in [0.15, 0.2) is 0 Å². The Morgan fingerprint density at radius 2 is 2.35 bits per heavy atom. The number of rotatable bonds is 4. The molecule has 6 nitrogen and oxygen atoms in total. The van der Waals surface area contributed by atoms with Crippen molar-refractivity contribution in [3.05, 3.63) is 17.3 Å². The van der Waals surface area contributed by atoms with E-state index in [9.17, 15) is 8.42 Å². The Morgan fingerprint density at radius 1 is 1.60 bits per heavy atom. The maximum atomic E-state index is 12.6. The first kappa shape index (κ1) is 15.5. The molecule has 1 aliphatic heterocycles. The van der Waals surface area contributed by atoms with Gasteiger partial charge in [-0.25, -0.2) is 13.4 Å². The molecule has 1 fully saturated rings. The van der Waals surface area contributed by atoms with Crippen molar-refractivity contribution in [1.29, 1.82) is 0 Å². The molecular weight excluding hydrogens is 300 g/mol. The Kier molecular flexibility index (Phi) is 4.85. The predicted molar refractivity (Wildman–Crippen MR) is 79.1 cm³/mol. The normalized spacial score (nSPS) is 21.0. The van der Waals surface area contributed by atoms with E-state index in [0.29, 0.717) is 19.0 Å². The fraction of sp³-hybridized carbons (Fsp3) is 0.583. The first-order valence-corrected chi connectivity index (χ1v) is 8.32. The van der Waals surface area contributed by atoms with Crippen LogP contribution in [0.2, 0.25) is 5.02 Å². The third-order valence-corrected chi connectivity index (χ3v) is 5.54. The summed E-state index contributed by atoms with van der Waals surface area (Å²) in [6, 6.07) is 1.36. The van der Waals surface area contributed by atoms with Crippen LogP contribution in [-0.4, -0.2) is 44.4 Å². The molecule has 1 atom stereocenters. The highest BCUT2D eigenvalue weighted by Gasteiger charge is 2.31. The van der Waals surface area contributed by atoms with Crippen molar-refractivity contribution in [2.75, 3.05) is 32.4 Å². The van der Waals surface area contributed by atoms with Crippen LogP contribution < -0.4 is 11.1 Å². The van der Waals surface area contributed by atoms with Crippen molar-refractivity contribution < 1.29 is 8.42 Å². The second-order valence-corrected chi connectivity index (χ2v) is 7.31. The Hall–Kier alpha value is -0.890. The Bertz CT molecular complexity index is 577. The first-order valence-electron chi connectivity index (χ1n) is 6.51. The maximum Gasteiger partial charge on any atom is 0.246 e.